The molecular weight excluding hydrogens is 560 g/mol. The third kappa shape index (κ3) is 3.71. The molecule has 7 aromatic rings. The summed E-state index contributed by atoms with van der Waals surface area (Å²) in [5.74, 6) is 2.15. The Hall–Kier alpha value is -5.60. The van der Waals surface area contributed by atoms with Crippen molar-refractivity contribution in [1.82, 2.24) is 0 Å². The highest BCUT2D eigenvalue weighted by Gasteiger charge is 2.46. The third-order valence-electron chi connectivity index (χ3n) is 10.2. The summed E-state index contributed by atoms with van der Waals surface area (Å²) in [7, 11) is 0. The first-order valence-corrected chi connectivity index (χ1v) is 16.2. The third-order valence-corrected chi connectivity index (χ3v) is 10.2. The van der Waals surface area contributed by atoms with Crippen LogP contribution in [-0.2, 0) is 4.74 Å². The lowest BCUT2D eigenvalue weighted by molar-refractivity contribution is 0.131. The largest absolute Gasteiger partial charge is 0.488 e. The van der Waals surface area contributed by atoms with E-state index in [-0.39, 0.29) is 17.9 Å². The van der Waals surface area contributed by atoms with Crippen molar-refractivity contribution in [2.24, 2.45) is 0 Å². The van der Waals surface area contributed by atoms with Crippen molar-refractivity contribution in [3.05, 3.63) is 185 Å². The van der Waals surface area contributed by atoms with E-state index < -0.39 is 0 Å². The SMILES string of the molecule is C1=CC2=C(OC3C2=Cc2c(oc4c(-c5cccc6ccccc56)cccc24)C3c2ccccc2)C(c2cccc3ccccc23)C1. The average Bonchev–Trinajstić information content (AvgIpc) is 3.69. The minimum Gasteiger partial charge on any atom is -0.488 e. The predicted molar refractivity (Wildman–Crippen MR) is 188 cm³/mol. The van der Waals surface area contributed by atoms with Gasteiger partial charge in [-0.15, -0.1) is 0 Å². The number of ether oxygens (including phenoxy) is 1. The summed E-state index contributed by atoms with van der Waals surface area (Å²) in [6.07, 6.45) is 7.73. The summed E-state index contributed by atoms with van der Waals surface area (Å²) in [6.45, 7) is 0. The Balaban J connectivity index is 1.19. The second kappa shape index (κ2) is 9.95. The molecule has 0 bridgehead atoms. The van der Waals surface area contributed by atoms with E-state index in [1.807, 2.05) is 0 Å². The van der Waals surface area contributed by atoms with Gasteiger partial charge in [-0.25, -0.2) is 0 Å². The number of hydrogen-bond donors (Lipinski definition) is 0. The highest BCUT2D eigenvalue weighted by Crippen LogP contribution is 2.54. The Morgan fingerprint density at radius 2 is 1.26 bits per heavy atom. The molecule has 0 spiro atoms. The number of allylic oxidation sites excluding steroid dienone is 3. The van der Waals surface area contributed by atoms with Crippen molar-refractivity contribution in [2.75, 3.05) is 0 Å². The summed E-state index contributed by atoms with van der Waals surface area (Å²) in [6, 6.07) is 47.8. The van der Waals surface area contributed by atoms with Gasteiger partial charge in [0.15, 0.2) is 0 Å². The molecule has 0 radical (unpaired) electrons. The number of hydrogen-bond acceptors (Lipinski definition) is 2. The average molecular weight is 591 g/mol. The van der Waals surface area contributed by atoms with E-state index in [2.05, 4.69) is 152 Å². The molecule has 6 aromatic carbocycles. The molecule has 0 amide bonds. The molecule has 0 fully saturated rings. The lowest BCUT2D eigenvalue weighted by Crippen LogP contribution is -2.25. The quantitative estimate of drug-likeness (QED) is 0.204. The first-order chi connectivity index (χ1) is 22.8. The first kappa shape index (κ1) is 25.7. The Labute approximate surface area is 267 Å². The number of rotatable bonds is 3. The molecule has 2 heteroatoms. The molecule has 10 rings (SSSR count). The number of para-hydroxylation sites is 1. The van der Waals surface area contributed by atoms with Gasteiger partial charge in [0.05, 0.1) is 5.92 Å². The minimum absolute atomic E-state index is 0.0730. The maximum Gasteiger partial charge on any atom is 0.142 e. The van der Waals surface area contributed by atoms with Gasteiger partial charge in [-0.05, 0) is 50.7 Å². The van der Waals surface area contributed by atoms with Gasteiger partial charge in [0.25, 0.3) is 0 Å². The van der Waals surface area contributed by atoms with Crippen molar-refractivity contribution in [1.29, 1.82) is 0 Å². The van der Waals surface area contributed by atoms with Gasteiger partial charge in [-0.3, -0.25) is 0 Å². The van der Waals surface area contributed by atoms with Crippen LogP contribution in [0.2, 0.25) is 0 Å². The number of benzene rings is 6. The van der Waals surface area contributed by atoms with Crippen LogP contribution in [0.3, 0.4) is 0 Å². The molecule has 2 heterocycles. The fourth-order valence-corrected chi connectivity index (χ4v) is 8.16. The van der Waals surface area contributed by atoms with E-state index >= 15 is 0 Å². The van der Waals surface area contributed by atoms with Gasteiger partial charge in [-0.2, -0.15) is 0 Å². The fourth-order valence-electron chi connectivity index (χ4n) is 8.16. The molecule has 3 atom stereocenters. The Bertz CT molecular complexity index is 2430. The van der Waals surface area contributed by atoms with E-state index in [0.717, 1.165) is 40.0 Å². The Kier molecular flexibility index (Phi) is 5.56. The molecule has 3 unspecified atom stereocenters. The minimum atomic E-state index is -0.165. The van der Waals surface area contributed by atoms with Crippen LogP contribution in [0.1, 0.15) is 40.7 Å². The van der Waals surface area contributed by atoms with Gasteiger partial charge in [0.1, 0.15) is 23.2 Å². The van der Waals surface area contributed by atoms with Crippen molar-refractivity contribution < 1.29 is 9.15 Å². The zero-order chi connectivity index (χ0) is 30.2. The smallest absolute Gasteiger partial charge is 0.142 e. The zero-order valence-corrected chi connectivity index (χ0v) is 25.2. The highest BCUT2D eigenvalue weighted by molar-refractivity contribution is 6.06. The standard InChI is InChI=1S/C44H30O2/c1-2-14-29(15-3-1)40-43-38(36-24-10-22-34(41(36)45-43)32-20-8-16-27-12-4-6-18-30(27)32)26-39-37-25-11-23-35(42(37)46-44(39)40)33-21-9-17-28-13-5-7-19-31(28)33/h1-22,24-26,35,40,44H,23H2. The predicted octanol–water partition coefficient (Wildman–Crippen LogP) is 11.3. The molecule has 1 aliphatic heterocycles. The summed E-state index contributed by atoms with van der Waals surface area (Å²) in [5, 5.41) is 6.16. The first-order valence-electron chi connectivity index (χ1n) is 16.2. The van der Waals surface area contributed by atoms with Crippen molar-refractivity contribution in [3.8, 4) is 11.1 Å². The van der Waals surface area contributed by atoms with Crippen LogP contribution in [0.15, 0.2) is 167 Å². The molecule has 0 saturated heterocycles. The van der Waals surface area contributed by atoms with Crippen LogP contribution in [0.25, 0.3) is 49.7 Å². The molecule has 0 N–H and O–H groups in total. The molecule has 0 saturated carbocycles. The summed E-state index contributed by atoms with van der Waals surface area (Å²) >= 11 is 0. The van der Waals surface area contributed by atoms with Gasteiger partial charge in [0, 0.05) is 33.6 Å². The van der Waals surface area contributed by atoms with Crippen LogP contribution < -0.4 is 0 Å². The summed E-state index contributed by atoms with van der Waals surface area (Å²) in [5.41, 5.74) is 9.40. The molecule has 1 aromatic heterocycles. The highest BCUT2D eigenvalue weighted by atomic mass is 16.5. The van der Waals surface area contributed by atoms with E-state index in [1.54, 1.807) is 0 Å². The second-order valence-electron chi connectivity index (χ2n) is 12.7. The maximum atomic E-state index is 7.18. The van der Waals surface area contributed by atoms with Crippen molar-refractivity contribution >= 4 is 38.6 Å². The monoisotopic (exact) mass is 590 g/mol. The van der Waals surface area contributed by atoms with Crippen LogP contribution in [0.4, 0.5) is 0 Å². The molecule has 2 nitrogen and oxygen atoms in total. The fraction of sp³-hybridized carbons (Fsp3) is 0.0909. The number of fused-ring (bicyclic) bond motifs is 7. The van der Waals surface area contributed by atoms with Crippen LogP contribution in [-0.4, -0.2) is 6.10 Å². The lowest BCUT2D eigenvalue weighted by atomic mass is 9.77. The van der Waals surface area contributed by atoms with Crippen molar-refractivity contribution in [2.45, 2.75) is 24.4 Å². The van der Waals surface area contributed by atoms with E-state index in [4.69, 9.17) is 9.15 Å². The topological polar surface area (TPSA) is 22.4 Å². The molecule has 3 aliphatic rings. The summed E-state index contributed by atoms with van der Waals surface area (Å²) in [4.78, 5) is 0. The number of furan rings is 1. The zero-order valence-electron chi connectivity index (χ0n) is 25.2. The molecule has 46 heavy (non-hydrogen) atoms. The Morgan fingerprint density at radius 3 is 2.13 bits per heavy atom. The van der Waals surface area contributed by atoms with Crippen LogP contribution in [0.5, 0.6) is 0 Å². The molecule has 2 aliphatic carbocycles. The summed E-state index contributed by atoms with van der Waals surface area (Å²) < 4.78 is 14.2. The van der Waals surface area contributed by atoms with E-state index in [1.165, 1.54) is 49.4 Å². The molecule has 218 valence electrons. The van der Waals surface area contributed by atoms with Crippen LogP contribution in [0, 0.1) is 0 Å². The second-order valence-corrected chi connectivity index (χ2v) is 12.7. The van der Waals surface area contributed by atoms with Gasteiger partial charge >= 0.3 is 0 Å². The van der Waals surface area contributed by atoms with Gasteiger partial charge in [-0.1, -0.05) is 146 Å². The van der Waals surface area contributed by atoms with Gasteiger partial charge < -0.3 is 9.15 Å². The van der Waals surface area contributed by atoms with E-state index in [9.17, 15) is 0 Å². The van der Waals surface area contributed by atoms with Crippen molar-refractivity contribution in [3.63, 3.8) is 0 Å². The lowest BCUT2D eigenvalue weighted by Gasteiger charge is -2.29. The van der Waals surface area contributed by atoms with Crippen LogP contribution >= 0.6 is 0 Å². The normalized spacial score (nSPS) is 20.0. The Morgan fingerprint density at radius 1 is 0.587 bits per heavy atom. The van der Waals surface area contributed by atoms with E-state index in [0.29, 0.717) is 0 Å². The molecular formula is C44H30O2. The maximum absolute atomic E-state index is 7.18. The van der Waals surface area contributed by atoms with Gasteiger partial charge in [0.2, 0.25) is 0 Å².